The highest BCUT2D eigenvalue weighted by molar-refractivity contribution is 6.30. The number of piperidine rings is 1. The van der Waals surface area contributed by atoms with E-state index < -0.39 is 41.3 Å². The second-order valence-corrected chi connectivity index (χ2v) is 11.1. The zero-order valence-corrected chi connectivity index (χ0v) is 22.6. The van der Waals surface area contributed by atoms with Crippen LogP contribution in [0.1, 0.15) is 60.4 Å². The van der Waals surface area contributed by atoms with Crippen LogP contribution in [-0.4, -0.2) is 62.9 Å². The highest BCUT2D eigenvalue weighted by Crippen LogP contribution is 2.34. The van der Waals surface area contributed by atoms with Crippen molar-refractivity contribution in [1.29, 1.82) is 0 Å². The predicted octanol–water partition coefficient (Wildman–Crippen LogP) is 4.62. The first-order chi connectivity index (χ1) is 19.5. The van der Waals surface area contributed by atoms with E-state index in [4.69, 9.17) is 11.6 Å². The summed E-state index contributed by atoms with van der Waals surface area (Å²) in [5.74, 6) is -4.34. The number of imidazole rings is 1. The van der Waals surface area contributed by atoms with Crippen molar-refractivity contribution in [3.63, 3.8) is 0 Å². The number of alkyl halides is 3. The van der Waals surface area contributed by atoms with Crippen molar-refractivity contribution in [2.45, 2.75) is 62.2 Å². The Morgan fingerprint density at radius 3 is 2.56 bits per heavy atom. The molecular weight excluding hydrogens is 566 g/mol. The van der Waals surface area contributed by atoms with Gasteiger partial charge in [-0.15, -0.1) is 0 Å². The lowest BCUT2D eigenvalue weighted by atomic mass is 9.79. The van der Waals surface area contributed by atoms with Gasteiger partial charge >= 0.3 is 12.1 Å². The molecular formula is C28H28ClF4N5O3. The number of likely N-dealkylation sites (tertiary alicyclic amines) is 1. The maximum Gasteiger partial charge on any atom is 0.471 e. The Morgan fingerprint density at radius 2 is 1.85 bits per heavy atom. The minimum atomic E-state index is -5.16. The highest BCUT2D eigenvalue weighted by Gasteiger charge is 2.49. The summed E-state index contributed by atoms with van der Waals surface area (Å²) in [6, 6.07) is 6.58. The van der Waals surface area contributed by atoms with E-state index in [1.807, 2.05) is 5.32 Å². The fourth-order valence-electron chi connectivity index (χ4n) is 5.93. The van der Waals surface area contributed by atoms with Gasteiger partial charge < -0.3 is 19.9 Å². The first-order valence-corrected chi connectivity index (χ1v) is 13.7. The minimum Gasteiger partial charge on any atom is -0.349 e. The molecule has 0 radical (unpaired) electrons. The number of fused-ring (bicyclic) bond motifs is 1. The smallest absolute Gasteiger partial charge is 0.349 e. The molecule has 2 N–H and O–H groups in total. The molecule has 2 atom stereocenters. The summed E-state index contributed by atoms with van der Waals surface area (Å²) in [6.45, 7) is 0.275. The molecule has 0 unspecified atom stereocenters. The first kappa shape index (κ1) is 28.8. The van der Waals surface area contributed by atoms with Gasteiger partial charge in [0.25, 0.3) is 5.91 Å². The van der Waals surface area contributed by atoms with Gasteiger partial charge in [0.05, 0.1) is 29.6 Å². The van der Waals surface area contributed by atoms with Gasteiger partial charge in [0.2, 0.25) is 5.91 Å². The van der Waals surface area contributed by atoms with Crippen LogP contribution in [0.25, 0.3) is 5.52 Å². The molecule has 5 rings (SSSR count). The van der Waals surface area contributed by atoms with Gasteiger partial charge in [0.1, 0.15) is 11.4 Å². The third-order valence-electron chi connectivity index (χ3n) is 7.96. The molecule has 1 saturated heterocycles. The van der Waals surface area contributed by atoms with Gasteiger partial charge in [0, 0.05) is 30.2 Å². The van der Waals surface area contributed by atoms with Crippen molar-refractivity contribution in [2.24, 2.45) is 0 Å². The van der Waals surface area contributed by atoms with E-state index in [-0.39, 0.29) is 36.9 Å². The molecule has 3 heterocycles. The normalized spacial score (nSPS) is 21.0. The van der Waals surface area contributed by atoms with Crippen LogP contribution in [0.2, 0.25) is 5.02 Å². The first-order valence-electron chi connectivity index (χ1n) is 13.3. The van der Waals surface area contributed by atoms with Crippen molar-refractivity contribution in [3.05, 3.63) is 71.0 Å². The average Bonchev–Trinajstić information content (AvgIpc) is 3.41. The average molecular weight is 594 g/mol. The van der Waals surface area contributed by atoms with Gasteiger partial charge in [0.15, 0.2) is 0 Å². The Hall–Kier alpha value is -3.67. The predicted molar refractivity (Wildman–Crippen MR) is 142 cm³/mol. The van der Waals surface area contributed by atoms with Crippen molar-refractivity contribution >= 4 is 34.8 Å². The highest BCUT2D eigenvalue weighted by atomic mass is 35.5. The van der Waals surface area contributed by atoms with Crippen LogP contribution < -0.4 is 10.6 Å². The van der Waals surface area contributed by atoms with Crippen molar-refractivity contribution in [3.8, 4) is 0 Å². The monoisotopic (exact) mass is 593 g/mol. The molecule has 1 aromatic carbocycles. The molecule has 1 saturated carbocycles. The zero-order valence-electron chi connectivity index (χ0n) is 21.9. The van der Waals surface area contributed by atoms with Gasteiger partial charge in [-0.3, -0.25) is 14.4 Å². The van der Waals surface area contributed by atoms with Crippen LogP contribution in [0.3, 0.4) is 0 Å². The number of hydrogen-bond donors (Lipinski definition) is 2. The Kier molecular flexibility index (Phi) is 7.95. The standard InChI is InChI=1S/C28H28ClF4N5O3/c29-18-11-17(12-19(30)13-18)20-6-10-37(24(39)21-5-4-9-38-16-34-14-23(21)38)15-22(20)35-25(40)27(7-2-1-3-8-27)36-26(41)28(31,32)33/h4-5,9,11-14,16,20,22H,1-3,6-8,10,15H2,(H,35,40)(H,36,41)/t20-,22+/m0/s1. The van der Waals surface area contributed by atoms with E-state index in [1.165, 1.54) is 6.07 Å². The number of hydrogen-bond acceptors (Lipinski definition) is 4. The van der Waals surface area contributed by atoms with Crippen LogP contribution >= 0.6 is 11.6 Å². The van der Waals surface area contributed by atoms with Crippen molar-refractivity contribution < 1.29 is 31.9 Å². The molecule has 0 bridgehead atoms. The maximum absolute atomic E-state index is 14.3. The number of aromatic nitrogens is 2. The fraction of sp³-hybridized carbons (Fsp3) is 0.429. The van der Waals surface area contributed by atoms with Crippen LogP contribution in [0.15, 0.2) is 49.1 Å². The molecule has 1 aliphatic carbocycles. The number of nitrogens with one attached hydrogen (secondary N) is 2. The van der Waals surface area contributed by atoms with Crippen LogP contribution in [0.4, 0.5) is 17.6 Å². The quantitative estimate of drug-likeness (QED) is 0.422. The summed E-state index contributed by atoms with van der Waals surface area (Å²) in [7, 11) is 0. The molecule has 2 aliphatic rings. The number of carbonyl (C=O) groups is 3. The molecule has 13 heteroatoms. The molecule has 2 aromatic heterocycles. The summed E-state index contributed by atoms with van der Waals surface area (Å²) >= 11 is 6.12. The van der Waals surface area contributed by atoms with Gasteiger partial charge in [-0.1, -0.05) is 30.9 Å². The summed E-state index contributed by atoms with van der Waals surface area (Å²) < 4.78 is 55.6. The molecule has 0 spiro atoms. The zero-order chi connectivity index (χ0) is 29.4. The number of halogens is 5. The minimum absolute atomic E-state index is 0.00185. The Bertz CT molecular complexity index is 1450. The number of amides is 3. The van der Waals surface area contributed by atoms with Gasteiger partial charge in [-0.05, 0) is 55.2 Å². The SMILES string of the molecule is O=C(c1cccn2cncc12)N1CC[C@@H](c2cc(F)cc(Cl)c2)[C@H](NC(=O)C2(NC(=O)C(F)(F)F)CCCCC2)C1. The lowest BCUT2D eigenvalue weighted by Crippen LogP contribution is -2.65. The maximum atomic E-state index is 14.3. The molecule has 2 fully saturated rings. The van der Waals surface area contributed by atoms with E-state index in [1.54, 1.807) is 46.2 Å². The lowest BCUT2D eigenvalue weighted by molar-refractivity contribution is -0.177. The Morgan fingerprint density at radius 1 is 1.10 bits per heavy atom. The summed E-state index contributed by atoms with van der Waals surface area (Å²) in [4.78, 5) is 44.9. The summed E-state index contributed by atoms with van der Waals surface area (Å²) in [5, 5.41) is 4.96. The molecule has 3 amide bonds. The lowest BCUT2D eigenvalue weighted by Gasteiger charge is -2.42. The molecule has 3 aromatic rings. The van der Waals surface area contributed by atoms with Crippen LogP contribution in [0.5, 0.6) is 0 Å². The largest absolute Gasteiger partial charge is 0.471 e. The Labute approximate surface area is 238 Å². The van der Waals surface area contributed by atoms with E-state index in [0.29, 0.717) is 42.3 Å². The van der Waals surface area contributed by atoms with Crippen LogP contribution in [-0.2, 0) is 9.59 Å². The number of carbonyl (C=O) groups excluding carboxylic acids is 3. The van der Waals surface area contributed by atoms with E-state index >= 15 is 0 Å². The topological polar surface area (TPSA) is 95.8 Å². The summed E-state index contributed by atoms with van der Waals surface area (Å²) in [5.41, 5.74) is -0.288. The van der Waals surface area contributed by atoms with E-state index in [0.717, 1.165) is 6.07 Å². The Balaban J connectivity index is 1.45. The van der Waals surface area contributed by atoms with E-state index in [9.17, 15) is 31.9 Å². The van der Waals surface area contributed by atoms with Gasteiger partial charge in [-0.2, -0.15) is 13.2 Å². The summed E-state index contributed by atoms with van der Waals surface area (Å²) in [6.07, 6.45) is 1.74. The number of nitrogens with zero attached hydrogens (tertiary/aromatic N) is 3. The van der Waals surface area contributed by atoms with Gasteiger partial charge in [-0.25, -0.2) is 9.37 Å². The van der Waals surface area contributed by atoms with Crippen molar-refractivity contribution in [2.75, 3.05) is 13.1 Å². The van der Waals surface area contributed by atoms with Crippen molar-refractivity contribution in [1.82, 2.24) is 24.9 Å². The third kappa shape index (κ3) is 6.02. The van der Waals surface area contributed by atoms with E-state index in [2.05, 4.69) is 10.3 Å². The second-order valence-electron chi connectivity index (χ2n) is 10.6. The fourth-order valence-corrected chi connectivity index (χ4v) is 6.16. The molecule has 41 heavy (non-hydrogen) atoms. The second kappa shape index (κ2) is 11.3. The molecule has 8 nitrogen and oxygen atoms in total. The number of rotatable bonds is 5. The van der Waals surface area contributed by atoms with Crippen LogP contribution in [0, 0.1) is 5.82 Å². The molecule has 1 aliphatic heterocycles. The number of pyridine rings is 1. The molecule has 218 valence electrons. The number of benzene rings is 1. The third-order valence-corrected chi connectivity index (χ3v) is 8.18.